The lowest BCUT2D eigenvalue weighted by atomic mass is 10.0. The molecule has 2 aliphatic rings. The number of nitrogens with zero attached hydrogens (tertiary/aromatic N) is 5. The van der Waals surface area contributed by atoms with Gasteiger partial charge in [0, 0.05) is 22.1 Å². The van der Waals surface area contributed by atoms with Crippen molar-refractivity contribution in [3.05, 3.63) is 27.7 Å². The maximum Gasteiger partial charge on any atom is 0.353 e. The second-order valence-electron chi connectivity index (χ2n) is 7.04. The highest BCUT2D eigenvalue weighted by Crippen LogP contribution is 2.44. The number of thioether (sulfide) groups is 3. The summed E-state index contributed by atoms with van der Waals surface area (Å²) < 4.78 is 0. The molecule has 1 saturated heterocycles. The number of carboxylic acid groups (broad SMARTS) is 1. The molecule has 0 spiro atoms. The van der Waals surface area contributed by atoms with Gasteiger partial charge in [0.25, 0.3) is 11.8 Å². The second kappa shape index (κ2) is 10.8. The average molecular weight is 570 g/mol. The van der Waals surface area contributed by atoms with Gasteiger partial charge in [0.2, 0.25) is 0 Å². The number of hydrogen-bond donors (Lipinski definition) is 5. The standard InChI is InChI=1S/C18H19N9O5S4/c1-32-26-10(6-3-34-17(21)22-6)13(28)25-11-14(29)27-12(16(30)31)7(4-33-15(11)27)35-5-36-18-23-8(19)2-9(20)24-18/h2-3,11,15H,4-5H2,1H3,(H2,21,22)(H,25,28)(H,30,31)(H4,19,20,23,24). The van der Waals surface area contributed by atoms with Crippen LogP contribution >= 0.6 is 46.6 Å². The monoisotopic (exact) mass is 569 g/mol. The van der Waals surface area contributed by atoms with Crippen LogP contribution in [0.1, 0.15) is 5.69 Å². The minimum Gasteiger partial charge on any atom is -0.477 e. The smallest absolute Gasteiger partial charge is 0.353 e. The van der Waals surface area contributed by atoms with E-state index in [1.165, 1.54) is 58.7 Å². The summed E-state index contributed by atoms with van der Waals surface area (Å²) in [6.07, 6.45) is 0. The van der Waals surface area contributed by atoms with Crippen LogP contribution in [0.5, 0.6) is 0 Å². The molecular formula is C18H19N9O5S4. The number of nitrogens with one attached hydrogen (secondary N) is 1. The van der Waals surface area contributed by atoms with E-state index >= 15 is 0 Å². The third-order valence-corrected chi connectivity index (χ3v) is 8.96. The molecule has 18 heteroatoms. The Hall–Kier alpha value is -3.22. The van der Waals surface area contributed by atoms with Gasteiger partial charge in [0.05, 0.1) is 5.08 Å². The predicted molar refractivity (Wildman–Crippen MR) is 139 cm³/mol. The fourth-order valence-electron chi connectivity index (χ4n) is 3.28. The summed E-state index contributed by atoms with van der Waals surface area (Å²) in [5.74, 6) is -1.70. The van der Waals surface area contributed by atoms with Crippen molar-refractivity contribution < 1.29 is 24.3 Å². The molecule has 4 rings (SSSR count). The maximum absolute atomic E-state index is 12.9. The Bertz CT molecular complexity index is 1260. The van der Waals surface area contributed by atoms with Crippen LogP contribution < -0.4 is 22.5 Å². The van der Waals surface area contributed by atoms with E-state index in [9.17, 15) is 19.5 Å². The highest BCUT2D eigenvalue weighted by molar-refractivity contribution is 8.18. The largest absolute Gasteiger partial charge is 0.477 e. The van der Waals surface area contributed by atoms with Crippen LogP contribution in [0.2, 0.25) is 0 Å². The first-order chi connectivity index (χ1) is 17.2. The van der Waals surface area contributed by atoms with E-state index in [0.717, 1.165) is 11.3 Å². The molecule has 2 atom stereocenters. The number of anilines is 3. The highest BCUT2D eigenvalue weighted by atomic mass is 32.2. The van der Waals surface area contributed by atoms with E-state index < -0.39 is 29.2 Å². The van der Waals surface area contributed by atoms with Gasteiger partial charge in [-0.2, -0.15) is 0 Å². The topological polar surface area (TPSA) is 225 Å². The number of carboxylic acids is 1. The Morgan fingerprint density at radius 1 is 1.28 bits per heavy atom. The number of carbonyl (C=O) groups is 3. The van der Waals surface area contributed by atoms with Crippen LogP contribution in [-0.4, -0.2) is 77.8 Å². The number of carbonyl (C=O) groups excluding carboxylic acids is 2. The van der Waals surface area contributed by atoms with Crippen molar-refractivity contribution in [2.24, 2.45) is 5.16 Å². The fraction of sp³-hybridized carbons (Fsp3) is 0.278. The van der Waals surface area contributed by atoms with E-state index in [1.807, 2.05) is 0 Å². The summed E-state index contributed by atoms with van der Waals surface area (Å²) in [5.41, 5.74) is 16.9. The molecule has 0 aromatic carbocycles. The Morgan fingerprint density at radius 2 is 2.00 bits per heavy atom. The van der Waals surface area contributed by atoms with Gasteiger partial charge in [-0.3, -0.25) is 14.5 Å². The van der Waals surface area contributed by atoms with Crippen molar-refractivity contribution in [3.8, 4) is 0 Å². The zero-order valence-electron chi connectivity index (χ0n) is 18.4. The van der Waals surface area contributed by atoms with Gasteiger partial charge in [0.15, 0.2) is 16.0 Å². The van der Waals surface area contributed by atoms with Crippen molar-refractivity contribution >= 4 is 86.9 Å². The van der Waals surface area contributed by atoms with Gasteiger partial charge >= 0.3 is 5.97 Å². The number of rotatable bonds is 9. The van der Waals surface area contributed by atoms with E-state index in [-0.39, 0.29) is 33.9 Å². The van der Waals surface area contributed by atoms with Gasteiger partial charge in [0.1, 0.15) is 41.6 Å². The van der Waals surface area contributed by atoms with Crippen LogP contribution in [0, 0.1) is 0 Å². The molecule has 1 fully saturated rings. The van der Waals surface area contributed by atoms with Gasteiger partial charge in [-0.1, -0.05) is 16.9 Å². The maximum atomic E-state index is 12.9. The predicted octanol–water partition coefficient (Wildman–Crippen LogP) is 0.209. The third kappa shape index (κ3) is 5.30. The minimum atomic E-state index is -1.24. The van der Waals surface area contributed by atoms with Crippen LogP contribution in [0.15, 0.2) is 32.4 Å². The molecule has 0 radical (unpaired) electrons. The number of amides is 2. The molecule has 8 N–H and O–H groups in total. The number of aliphatic carboxylic acids is 1. The Kier molecular flexibility index (Phi) is 7.76. The Morgan fingerprint density at radius 3 is 2.61 bits per heavy atom. The number of hydrogen-bond acceptors (Lipinski definition) is 15. The SMILES string of the molecule is CON=C(C(=O)NC1C(=O)N2C(C(=O)O)=C(SCSc3nc(N)cc(N)n3)CSC12)c1csc(N)n1. The lowest BCUT2D eigenvalue weighted by Gasteiger charge is -2.49. The van der Waals surface area contributed by atoms with Crippen molar-refractivity contribution in [2.45, 2.75) is 16.6 Å². The summed E-state index contributed by atoms with van der Waals surface area (Å²) in [5, 5.41) is 18.0. The van der Waals surface area contributed by atoms with E-state index in [1.54, 1.807) is 0 Å². The molecule has 4 heterocycles. The van der Waals surface area contributed by atoms with Crippen LogP contribution in [0.3, 0.4) is 0 Å². The van der Waals surface area contributed by atoms with Gasteiger partial charge in [-0.05, 0) is 0 Å². The lowest BCUT2D eigenvalue weighted by molar-refractivity contribution is -0.150. The number of fused-ring (bicyclic) bond motifs is 1. The minimum absolute atomic E-state index is 0.120. The van der Waals surface area contributed by atoms with Crippen LogP contribution in [0.25, 0.3) is 0 Å². The average Bonchev–Trinajstić information content (AvgIpc) is 3.25. The van der Waals surface area contributed by atoms with E-state index in [4.69, 9.17) is 22.0 Å². The van der Waals surface area contributed by atoms with Crippen molar-refractivity contribution in [3.63, 3.8) is 0 Å². The van der Waals surface area contributed by atoms with Gasteiger partial charge in [-0.15, -0.1) is 34.9 Å². The first kappa shape index (κ1) is 25.9. The van der Waals surface area contributed by atoms with Crippen LogP contribution in [0.4, 0.5) is 16.8 Å². The summed E-state index contributed by atoms with van der Waals surface area (Å²) in [6, 6.07) is 0.487. The second-order valence-corrected chi connectivity index (χ2v) is 11.4. The van der Waals surface area contributed by atoms with E-state index in [2.05, 4.69) is 25.4 Å². The summed E-state index contributed by atoms with van der Waals surface area (Å²) in [7, 11) is 1.27. The molecule has 0 saturated carbocycles. The number of oxime groups is 1. The van der Waals surface area contributed by atoms with Gasteiger partial charge in [-0.25, -0.2) is 19.7 Å². The Balaban J connectivity index is 1.45. The first-order valence-corrected chi connectivity index (χ1v) is 13.8. The quantitative estimate of drug-likeness (QED) is 0.0679. The number of β-lactam (4-membered cyclic amide) rings is 1. The molecule has 2 aromatic rings. The van der Waals surface area contributed by atoms with Gasteiger partial charge < -0.3 is 32.5 Å². The first-order valence-electron chi connectivity index (χ1n) is 9.89. The number of nitrogen functional groups attached to an aromatic ring is 3. The Labute approximate surface area is 220 Å². The molecule has 0 aliphatic carbocycles. The lowest BCUT2D eigenvalue weighted by Crippen LogP contribution is -2.71. The zero-order chi connectivity index (χ0) is 26.0. The molecule has 0 bridgehead atoms. The number of aromatic nitrogens is 3. The molecule has 14 nitrogen and oxygen atoms in total. The number of thiazole rings is 1. The molecule has 2 unspecified atom stereocenters. The molecule has 190 valence electrons. The van der Waals surface area contributed by atoms with E-state index in [0.29, 0.717) is 20.9 Å². The molecular weight excluding hydrogens is 551 g/mol. The highest BCUT2D eigenvalue weighted by Gasteiger charge is 2.54. The third-order valence-electron chi connectivity index (χ3n) is 4.75. The summed E-state index contributed by atoms with van der Waals surface area (Å²) in [4.78, 5) is 56.4. The molecule has 36 heavy (non-hydrogen) atoms. The normalized spacial score (nSPS) is 19.5. The molecule has 2 aliphatic heterocycles. The molecule has 2 amide bonds. The summed E-state index contributed by atoms with van der Waals surface area (Å²) in [6.45, 7) is 0. The molecule has 2 aromatic heterocycles. The van der Waals surface area contributed by atoms with Crippen molar-refractivity contribution in [1.29, 1.82) is 0 Å². The zero-order valence-corrected chi connectivity index (χ0v) is 21.7. The van der Waals surface area contributed by atoms with Crippen LogP contribution in [-0.2, 0) is 19.2 Å². The van der Waals surface area contributed by atoms with Crippen molar-refractivity contribution in [1.82, 2.24) is 25.2 Å². The number of nitrogens with two attached hydrogens (primary N) is 3. The van der Waals surface area contributed by atoms with Crippen molar-refractivity contribution in [2.75, 3.05) is 35.1 Å². The fourth-order valence-corrected chi connectivity index (χ4v) is 7.45. The summed E-state index contributed by atoms with van der Waals surface area (Å²) >= 11 is 4.94.